The van der Waals surface area contributed by atoms with Crippen LogP contribution in [-0.4, -0.2) is 7.11 Å². The van der Waals surface area contributed by atoms with Gasteiger partial charge < -0.3 is 4.74 Å². The van der Waals surface area contributed by atoms with Gasteiger partial charge in [0.2, 0.25) is 0 Å². The molecule has 0 amide bonds. The van der Waals surface area contributed by atoms with Crippen molar-refractivity contribution in [3.8, 4) is 11.1 Å². The van der Waals surface area contributed by atoms with Gasteiger partial charge in [-0.25, -0.2) is 0 Å². The maximum Gasteiger partial charge on any atom is 0.0727 e. The summed E-state index contributed by atoms with van der Waals surface area (Å²) in [6.07, 6.45) is 0.806. The average molecular weight is 279 g/mol. The molecule has 0 heterocycles. The van der Waals surface area contributed by atoms with Gasteiger partial charge in [0.15, 0.2) is 0 Å². The topological polar surface area (TPSA) is 9.23 Å². The van der Waals surface area contributed by atoms with Crippen molar-refractivity contribution in [1.29, 1.82) is 0 Å². The first-order valence-corrected chi connectivity index (χ1v) is 6.55. The van der Waals surface area contributed by atoms with Gasteiger partial charge in [0, 0.05) is 18.6 Å². The fourth-order valence-electron chi connectivity index (χ4n) is 2.53. The number of benzene rings is 2. The second-order valence-electron chi connectivity index (χ2n) is 4.44. The van der Waals surface area contributed by atoms with E-state index in [1.165, 1.54) is 16.7 Å². The van der Waals surface area contributed by atoms with E-state index in [1.54, 1.807) is 7.11 Å². The SMILES string of the molecule is COCc1ccc2c(c1Cl)Cc1c(Cl)cccc1-2. The zero-order chi connectivity index (χ0) is 12.7. The van der Waals surface area contributed by atoms with Crippen LogP contribution in [0.1, 0.15) is 16.7 Å². The summed E-state index contributed by atoms with van der Waals surface area (Å²) in [6.45, 7) is 0.538. The second-order valence-corrected chi connectivity index (χ2v) is 5.23. The van der Waals surface area contributed by atoms with Crippen LogP contribution in [0.2, 0.25) is 10.0 Å². The van der Waals surface area contributed by atoms with Gasteiger partial charge in [-0.1, -0.05) is 47.5 Å². The molecule has 2 aromatic carbocycles. The van der Waals surface area contributed by atoms with Crippen molar-refractivity contribution in [2.24, 2.45) is 0 Å². The predicted molar refractivity (Wildman–Crippen MR) is 75.4 cm³/mol. The van der Waals surface area contributed by atoms with Crippen LogP contribution in [0.5, 0.6) is 0 Å². The van der Waals surface area contributed by atoms with Crippen molar-refractivity contribution in [3.05, 3.63) is 57.1 Å². The molecule has 1 aliphatic rings. The number of fused-ring (bicyclic) bond motifs is 3. The predicted octanol–water partition coefficient (Wildman–Crippen LogP) is 4.71. The lowest BCUT2D eigenvalue weighted by Gasteiger charge is -2.08. The highest BCUT2D eigenvalue weighted by molar-refractivity contribution is 6.34. The molecule has 92 valence electrons. The molecule has 0 radical (unpaired) electrons. The highest BCUT2D eigenvalue weighted by Gasteiger charge is 2.23. The maximum atomic E-state index is 6.45. The first kappa shape index (κ1) is 12.0. The summed E-state index contributed by atoms with van der Waals surface area (Å²) in [5.41, 5.74) is 5.75. The molecule has 0 spiro atoms. The lowest BCUT2D eigenvalue weighted by Crippen LogP contribution is -1.93. The molecular weight excluding hydrogens is 267 g/mol. The highest BCUT2D eigenvalue weighted by atomic mass is 35.5. The molecule has 0 fully saturated rings. The number of hydrogen-bond donors (Lipinski definition) is 0. The molecule has 0 aliphatic heterocycles. The van der Waals surface area contributed by atoms with Crippen molar-refractivity contribution < 1.29 is 4.74 Å². The summed E-state index contributed by atoms with van der Waals surface area (Å²) in [7, 11) is 1.68. The van der Waals surface area contributed by atoms with Crippen LogP contribution in [-0.2, 0) is 17.8 Å². The Labute approximate surface area is 116 Å². The van der Waals surface area contributed by atoms with Crippen LogP contribution in [0, 0.1) is 0 Å². The van der Waals surface area contributed by atoms with E-state index in [1.807, 2.05) is 18.2 Å². The van der Waals surface area contributed by atoms with E-state index in [4.69, 9.17) is 27.9 Å². The zero-order valence-corrected chi connectivity index (χ0v) is 11.5. The second kappa shape index (κ2) is 4.58. The van der Waals surface area contributed by atoms with Crippen molar-refractivity contribution in [3.63, 3.8) is 0 Å². The lowest BCUT2D eigenvalue weighted by atomic mass is 10.0. The average Bonchev–Trinajstić information content (AvgIpc) is 2.74. The Balaban J connectivity index is 2.17. The Morgan fingerprint density at radius 3 is 2.61 bits per heavy atom. The number of halogens is 2. The molecule has 0 bridgehead atoms. The Kier molecular flexibility index (Phi) is 3.06. The molecule has 0 atom stereocenters. The molecule has 0 unspecified atom stereocenters. The van der Waals surface area contributed by atoms with Gasteiger partial charge in [-0.15, -0.1) is 0 Å². The largest absolute Gasteiger partial charge is 0.380 e. The molecule has 0 N–H and O–H groups in total. The van der Waals surface area contributed by atoms with Crippen molar-refractivity contribution >= 4 is 23.2 Å². The van der Waals surface area contributed by atoms with Crippen molar-refractivity contribution in [1.82, 2.24) is 0 Å². The monoisotopic (exact) mass is 278 g/mol. The molecule has 0 saturated carbocycles. The summed E-state index contributed by atoms with van der Waals surface area (Å²) in [5, 5.41) is 1.62. The van der Waals surface area contributed by atoms with Crippen LogP contribution in [0.4, 0.5) is 0 Å². The summed E-state index contributed by atoms with van der Waals surface area (Å²) in [5.74, 6) is 0. The van der Waals surface area contributed by atoms with Gasteiger partial charge in [0.05, 0.1) is 11.6 Å². The Hall–Kier alpha value is -1.02. The van der Waals surface area contributed by atoms with Crippen molar-refractivity contribution in [2.75, 3.05) is 7.11 Å². The molecule has 1 nitrogen and oxygen atoms in total. The van der Waals surface area contributed by atoms with E-state index in [2.05, 4.69) is 12.1 Å². The van der Waals surface area contributed by atoms with Crippen LogP contribution < -0.4 is 0 Å². The first-order valence-electron chi connectivity index (χ1n) is 5.79. The van der Waals surface area contributed by atoms with E-state index in [9.17, 15) is 0 Å². The molecule has 1 aliphatic carbocycles. The summed E-state index contributed by atoms with van der Waals surface area (Å²) in [4.78, 5) is 0. The van der Waals surface area contributed by atoms with Gasteiger partial charge in [0.25, 0.3) is 0 Å². The van der Waals surface area contributed by atoms with Crippen LogP contribution in [0.25, 0.3) is 11.1 Å². The third kappa shape index (κ3) is 1.74. The quantitative estimate of drug-likeness (QED) is 0.660. The third-order valence-electron chi connectivity index (χ3n) is 3.39. The molecule has 0 saturated heterocycles. The first-order chi connectivity index (χ1) is 8.72. The minimum absolute atomic E-state index is 0.538. The third-order valence-corrected chi connectivity index (χ3v) is 4.21. The van der Waals surface area contributed by atoms with E-state index < -0.39 is 0 Å². The van der Waals surface area contributed by atoms with Gasteiger partial charge in [-0.3, -0.25) is 0 Å². The maximum absolute atomic E-state index is 6.45. The van der Waals surface area contributed by atoms with Gasteiger partial charge in [-0.05, 0) is 33.9 Å². The molecule has 2 aromatic rings. The lowest BCUT2D eigenvalue weighted by molar-refractivity contribution is 0.185. The molecular formula is C15H12Cl2O. The summed E-state index contributed by atoms with van der Waals surface area (Å²) in [6, 6.07) is 10.1. The van der Waals surface area contributed by atoms with E-state index in [0.717, 1.165) is 27.6 Å². The van der Waals surface area contributed by atoms with Gasteiger partial charge in [0.1, 0.15) is 0 Å². The normalized spacial score (nSPS) is 12.4. The highest BCUT2D eigenvalue weighted by Crippen LogP contribution is 2.43. The molecule has 3 rings (SSSR count). The standard InChI is InChI=1S/C15H12Cl2O/c1-18-8-9-5-6-11-10-3-2-4-14(16)12(10)7-13(11)15(9)17/h2-6H,7-8H2,1H3. The zero-order valence-electron chi connectivity index (χ0n) is 9.97. The summed E-state index contributed by atoms with van der Waals surface area (Å²) < 4.78 is 5.16. The van der Waals surface area contributed by atoms with E-state index in [0.29, 0.717) is 6.61 Å². The number of methoxy groups -OCH3 is 1. The fourth-order valence-corrected chi connectivity index (χ4v) is 3.06. The van der Waals surface area contributed by atoms with Crippen LogP contribution >= 0.6 is 23.2 Å². The van der Waals surface area contributed by atoms with Gasteiger partial charge in [-0.2, -0.15) is 0 Å². The van der Waals surface area contributed by atoms with E-state index in [-0.39, 0.29) is 0 Å². The fraction of sp³-hybridized carbons (Fsp3) is 0.200. The number of rotatable bonds is 2. The van der Waals surface area contributed by atoms with Crippen LogP contribution in [0.15, 0.2) is 30.3 Å². The number of ether oxygens (including phenoxy) is 1. The van der Waals surface area contributed by atoms with E-state index >= 15 is 0 Å². The van der Waals surface area contributed by atoms with Crippen molar-refractivity contribution in [2.45, 2.75) is 13.0 Å². The van der Waals surface area contributed by atoms with Crippen LogP contribution in [0.3, 0.4) is 0 Å². The summed E-state index contributed by atoms with van der Waals surface area (Å²) >= 11 is 12.7. The molecule has 3 heteroatoms. The smallest absolute Gasteiger partial charge is 0.0727 e. The van der Waals surface area contributed by atoms with Gasteiger partial charge >= 0.3 is 0 Å². The minimum atomic E-state index is 0.538. The number of hydrogen-bond acceptors (Lipinski definition) is 1. The molecule has 0 aromatic heterocycles. The minimum Gasteiger partial charge on any atom is -0.380 e. The Morgan fingerprint density at radius 1 is 1.06 bits per heavy atom. The molecule has 18 heavy (non-hydrogen) atoms. The Morgan fingerprint density at radius 2 is 1.83 bits per heavy atom. The Bertz CT molecular complexity index is 620.